The minimum absolute atomic E-state index is 0.00539. The molecule has 0 saturated carbocycles. The molecule has 18 heavy (non-hydrogen) atoms. The predicted octanol–water partition coefficient (Wildman–Crippen LogP) is -1.15. The Hall–Kier alpha value is -1.47. The van der Waals surface area contributed by atoms with Gasteiger partial charge in [0.2, 0.25) is 5.91 Å². The first kappa shape index (κ1) is 13.0. The van der Waals surface area contributed by atoms with E-state index in [1.165, 1.54) is 6.33 Å². The van der Waals surface area contributed by atoms with Crippen LogP contribution in [0.1, 0.15) is 12.8 Å². The minimum Gasteiger partial charge on any atom is -0.387 e. The largest absolute Gasteiger partial charge is 0.387 e. The third-order valence-corrected chi connectivity index (χ3v) is 3.20. The topological polar surface area (TPSA) is 83.3 Å². The molecule has 0 bridgehead atoms. The fraction of sp³-hybridized carbons (Fsp3) is 0.727. The smallest absolute Gasteiger partial charge is 0.224 e. The number of aryl methyl sites for hydroxylation is 1. The molecule has 0 spiro atoms. The Morgan fingerprint density at radius 3 is 3.11 bits per heavy atom. The number of rotatable bonds is 5. The average molecular weight is 253 g/mol. The van der Waals surface area contributed by atoms with E-state index in [9.17, 15) is 9.90 Å². The van der Waals surface area contributed by atoms with E-state index in [1.54, 1.807) is 23.0 Å². The minimum atomic E-state index is -0.780. The van der Waals surface area contributed by atoms with Gasteiger partial charge in [-0.2, -0.15) is 5.10 Å². The van der Waals surface area contributed by atoms with Crippen LogP contribution in [0.5, 0.6) is 0 Å². The highest BCUT2D eigenvalue weighted by atomic mass is 16.3. The van der Waals surface area contributed by atoms with Gasteiger partial charge in [-0.1, -0.05) is 0 Å². The molecule has 1 saturated heterocycles. The van der Waals surface area contributed by atoms with Crippen molar-refractivity contribution in [3.05, 3.63) is 12.7 Å². The molecule has 1 aliphatic heterocycles. The van der Waals surface area contributed by atoms with Crippen molar-refractivity contribution in [2.24, 2.45) is 0 Å². The van der Waals surface area contributed by atoms with Gasteiger partial charge in [0.1, 0.15) is 12.7 Å². The number of β-amino-alcohol motifs (C(OH)–C–C–N with tert-alkyl or cyclic N) is 1. The molecule has 1 amide bonds. The Morgan fingerprint density at radius 1 is 1.67 bits per heavy atom. The van der Waals surface area contributed by atoms with Gasteiger partial charge in [-0.25, -0.2) is 4.98 Å². The van der Waals surface area contributed by atoms with Crippen LogP contribution < -0.4 is 5.32 Å². The highest BCUT2D eigenvalue weighted by molar-refractivity contribution is 5.75. The van der Waals surface area contributed by atoms with Crippen LogP contribution in [0.4, 0.5) is 0 Å². The van der Waals surface area contributed by atoms with E-state index in [-0.39, 0.29) is 5.91 Å². The van der Waals surface area contributed by atoms with E-state index in [1.807, 2.05) is 0 Å². The third-order valence-electron chi connectivity index (χ3n) is 3.20. The van der Waals surface area contributed by atoms with Gasteiger partial charge < -0.3 is 15.3 Å². The van der Waals surface area contributed by atoms with Gasteiger partial charge >= 0.3 is 0 Å². The molecule has 2 N–H and O–H groups in total. The van der Waals surface area contributed by atoms with Gasteiger partial charge in [0.15, 0.2) is 0 Å². The zero-order valence-corrected chi connectivity index (χ0v) is 10.5. The second-order valence-electron chi connectivity index (χ2n) is 4.81. The van der Waals surface area contributed by atoms with Gasteiger partial charge in [-0.3, -0.25) is 9.48 Å². The zero-order chi connectivity index (χ0) is 13.0. The molecule has 1 fully saturated rings. The van der Waals surface area contributed by atoms with Crippen molar-refractivity contribution in [1.82, 2.24) is 25.0 Å². The molecule has 1 aromatic heterocycles. The van der Waals surface area contributed by atoms with E-state index in [0.717, 1.165) is 6.54 Å². The summed E-state index contributed by atoms with van der Waals surface area (Å²) >= 11 is 0. The lowest BCUT2D eigenvalue weighted by Crippen LogP contribution is -2.45. The second-order valence-corrected chi connectivity index (χ2v) is 4.81. The lowest BCUT2D eigenvalue weighted by Gasteiger charge is -2.28. The molecule has 0 radical (unpaired) electrons. The first-order valence-electron chi connectivity index (χ1n) is 6.09. The van der Waals surface area contributed by atoms with Crippen molar-refractivity contribution in [3.63, 3.8) is 0 Å². The van der Waals surface area contributed by atoms with Crippen LogP contribution in [0.25, 0.3) is 0 Å². The number of hydrogen-bond donors (Lipinski definition) is 2. The molecule has 2 heterocycles. The molecule has 100 valence electrons. The fourth-order valence-electron chi connectivity index (χ4n) is 2.14. The molecular formula is C11H19N5O2. The summed E-state index contributed by atoms with van der Waals surface area (Å²) in [6.07, 6.45) is 4.08. The number of carbonyl (C=O) groups is 1. The van der Waals surface area contributed by atoms with Crippen LogP contribution in [0, 0.1) is 0 Å². The van der Waals surface area contributed by atoms with Crippen LogP contribution in [0.2, 0.25) is 0 Å². The molecular weight excluding hydrogens is 234 g/mol. The molecule has 1 aliphatic rings. The number of amides is 1. The van der Waals surface area contributed by atoms with Crippen molar-refractivity contribution in [1.29, 1.82) is 0 Å². The highest BCUT2D eigenvalue weighted by Gasteiger charge is 2.33. The highest BCUT2D eigenvalue weighted by Crippen LogP contribution is 2.15. The van der Waals surface area contributed by atoms with Crippen LogP contribution in [0.15, 0.2) is 12.7 Å². The van der Waals surface area contributed by atoms with Gasteiger partial charge in [-0.15, -0.1) is 0 Å². The van der Waals surface area contributed by atoms with E-state index in [4.69, 9.17) is 0 Å². The van der Waals surface area contributed by atoms with Gasteiger partial charge in [0.05, 0.1) is 18.7 Å². The van der Waals surface area contributed by atoms with Crippen molar-refractivity contribution in [2.45, 2.75) is 25.0 Å². The van der Waals surface area contributed by atoms with E-state index in [2.05, 4.69) is 15.4 Å². The van der Waals surface area contributed by atoms with Crippen LogP contribution in [-0.4, -0.2) is 63.0 Å². The lowest BCUT2D eigenvalue weighted by molar-refractivity contribution is -0.133. The monoisotopic (exact) mass is 253 g/mol. The molecule has 1 atom stereocenters. The summed E-state index contributed by atoms with van der Waals surface area (Å²) in [5, 5.41) is 17.2. The van der Waals surface area contributed by atoms with Crippen molar-refractivity contribution in [3.8, 4) is 0 Å². The van der Waals surface area contributed by atoms with Gasteiger partial charge in [0, 0.05) is 20.0 Å². The average Bonchev–Trinajstić information content (AvgIpc) is 2.97. The summed E-state index contributed by atoms with van der Waals surface area (Å²) in [4.78, 5) is 17.3. The Labute approximate surface area is 106 Å². The maximum absolute atomic E-state index is 11.9. The maximum Gasteiger partial charge on any atom is 0.224 e. The van der Waals surface area contributed by atoms with Crippen molar-refractivity contribution in [2.75, 3.05) is 26.7 Å². The first-order chi connectivity index (χ1) is 8.59. The SMILES string of the molecule is CN(CC1(O)CCNC1)C(=O)CCn1cncn1. The molecule has 0 aliphatic carbocycles. The number of nitrogens with zero attached hydrogens (tertiary/aromatic N) is 4. The summed E-state index contributed by atoms with van der Waals surface area (Å²) < 4.78 is 1.62. The van der Waals surface area contributed by atoms with E-state index < -0.39 is 5.60 Å². The molecule has 7 heteroatoms. The van der Waals surface area contributed by atoms with Crippen LogP contribution >= 0.6 is 0 Å². The Bertz CT molecular complexity index is 386. The molecule has 2 rings (SSSR count). The summed E-state index contributed by atoms with van der Waals surface area (Å²) in [7, 11) is 1.72. The number of carbonyl (C=O) groups excluding carboxylic acids is 1. The zero-order valence-electron chi connectivity index (χ0n) is 10.5. The second kappa shape index (κ2) is 5.45. The molecule has 7 nitrogen and oxygen atoms in total. The molecule has 1 aromatic rings. The number of aromatic nitrogens is 3. The quantitative estimate of drug-likeness (QED) is 0.692. The predicted molar refractivity (Wildman–Crippen MR) is 64.7 cm³/mol. The fourth-order valence-corrected chi connectivity index (χ4v) is 2.14. The first-order valence-corrected chi connectivity index (χ1v) is 6.09. The third kappa shape index (κ3) is 3.27. The summed E-state index contributed by atoms with van der Waals surface area (Å²) in [5.74, 6) is 0.00539. The van der Waals surface area contributed by atoms with Gasteiger partial charge in [0.25, 0.3) is 0 Å². The van der Waals surface area contributed by atoms with Crippen LogP contribution in [-0.2, 0) is 11.3 Å². The number of hydrogen-bond acceptors (Lipinski definition) is 5. The standard InChI is InChI=1S/C11H19N5O2/c1-15(7-11(18)3-4-12-6-11)10(17)2-5-16-9-13-8-14-16/h8-9,12,18H,2-7H2,1H3. The van der Waals surface area contributed by atoms with E-state index >= 15 is 0 Å². The summed E-state index contributed by atoms with van der Waals surface area (Å²) in [5.41, 5.74) is -0.780. The van der Waals surface area contributed by atoms with Gasteiger partial charge in [-0.05, 0) is 13.0 Å². The van der Waals surface area contributed by atoms with Crippen LogP contribution in [0.3, 0.4) is 0 Å². The lowest BCUT2D eigenvalue weighted by atomic mass is 10.0. The van der Waals surface area contributed by atoms with Crippen molar-refractivity contribution < 1.29 is 9.90 Å². The maximum atomic E-state index is 11.9. The molecule has 1 unspecified atom stereocenters. The number of likely N-dealkylation sites (N-methyl/N-ethyl adjacent to an activating group) is 1. The molecule has 0 aromatic carbocycles. The Morgan fingerprint density at radius 2 is 2.50 bits per heavy atom. The number of aliphatic hydroxyl groups is 1. The summed E-state index contributed by atoms with van der Waals surface area (Å²) in [6.45, 7) is 2.24. The number of nitrogens with one attached hydrogen (secondary N) is 1. The summed E-state index contributed by atoms with van der Waals surface area (Å²) in [6, 6.07) is 0. The normalized spacial score (nSPS) is 23.2. The van der Waals surface area contributed by atoms with E-state index in [0.29, 0.717) is 32.5 Å². The Balaban J connectivity index is 1.77. The van der Waals surface area contributed by atoms with Crippen molar-refractivity contribution >= 4 is 5.91 Å². The Kier molecular flexibility index (Phi) is 3.93.